The molecule has 0 radical (unpaired) electrons. The van der Waals surface area contributed by atoms with Gasteiger partial charge in [-0.1, -0.05) is 0 Å². The van der Waals surface area contributed by atoms with E-state index < -0.39 is 0 Å². The van der Waals surface area contributed by atoms with Gasteiger partial charge in [-0.3, -0.25) is 4.79 Å². The number of carbonyl (C=O) groups is 1. The zero-order valence-electron chi connectivity index (χ0n) is 11.0. The molecule has 0 unspecified atom stereocenters. The molecule has 3 N–H and O–H groups in total. The van der Waals surface area contributed by atoms with Crippen LogP contribution in [0.2, 0.25) is 0 Å². The highest BCUT2D eigenvalue weighted by Crippen LogP contribution is 2.24. The molecule has 2 rings (SSSR count). The maximum absolute atomic E-state index is 12.0. The molecule has 0 saturated carbocycles. The number of hydrogen-bond acceptors (Lipinski definition) is 6. The highest BCUT2D eigenvalue weighted by molar-refractivity contribution is 7.17. The lowest BCUT2D eigenvalue weighted by Crippen LogP contribution is -2.25. The van der Waals surface area contributed by atoms with Gasteiger partial charge in [-0.05, 0) is 26.0 Å². The van der Waals surface area contributed by atoms with E-state index in [4.69, 9.17) is 5.73 Å². The molecular formula is C12H16ClN5OS. The monoisotopic (exact) mass is 313 g/mol. The summed E-state index contributed by atoms with van der Waals surface area (Å²) in [6, 6.07) is 1.74. The summed E-state index contributed by atoms with van der Waals surface area (Å²) < 4.78 is 0. The molecule has 108 valence electrons. The number of halogens is 1. The molecule has 0 aliphatic carbocycles. The van der Waals surface area contributed by atoms with E-state index >= 15 is 0 Å². The number of carbonyl (C=O) groups excluding carboxylic acids is 1. The number of nitrogens with two attached hydrogens (primary N) is 1. The number of rotatable bonds is 5. The van der Waals surface area contributed by atoms with Crippen molar-refractivity contribution in [3.05, 3.63) is 29.0 Å². The standard InChI is InChI=1S/C12H15N5OS.ClH/c1-8-9(11(18)16-5-2-4-13)19-12(17-8)10-14-6-3-7-15-10;/h3,6-7H,2,4-5,13H2,1H3,(H,16,18);1H. The molecule has 6 nitrogen and oxygen atoms in total. The molecule has 0 saturated heterocycles. The van der Waals surface area contributed by atoms with Gasteiger partial charge in [0, 0.05) is 18.9 Å². The van der Waals surface area contributed by atoms with E-state index in [0.717, 1.165) is 6.42 Å². The van der Waals surface area contributed by atoms with Crippen molar-refractivity contribution in [2.24, 2.45) is 5.73 Å². The zero-order chi connectivity index (χ0) is 13.7. The van der Waals surface area contributed by atoms with Crippen LogP contribution in [0.5, 0.6) is 0 Å². The van der Waals surface area contributed by atoms with Crippen molar-refractivity contribution in [3.8, 4) is 10.8 Å². The molecular weight excluding hydrogens is 298 g/mol. The Labute approximate surface area is 127 Å². The van der Waals surface area contributed by atoms with Crippen LogP contribution in [-0.4, -0.2) is 33.9 Å². The average Bonchev–Trinajstić information content (AvgIpc) is 2.82. The second-order valence-corrected chi connectivity index (χ2v) is 4.90. The van der Waals surface area contributed by atoms with Crippen LogP contribution >= 0.6 is 23.7 Å². The molecule has 1 amide bonds. The third-order valence-corrected chi connectivity index (χ3v) is 3.58. The van der Waals surface area contributed by atoms with E-state index in [1.807, 2.05) is 0 Å². The molecule has 0 bridgehead atoms. The summed E-state index contributed by atoms with van der Waals surface area (Å²) in [6.45, 7) is 2.94. The van der Waals surface area contributed by atoms with Crippen molar-refractivity contribution in [3.63, 3.8) is 0 Å². The second-order valence-electron chi connectivity index (χ2n) is 3.90. The van der Waals surface area contributed by atoms with E-state index in [2.05, 4.69) is 20.3 Å². The van der Waals surface area contributed by atoms with Crippen LogP contribution in [0.15, 0.2) is 18.5 Å². The number of hydrogen-bond donors (Lipinski definition) is 2. The van der Waals surface area contributed by atoms with E-state index in [9.17, 15) is 4.79 Å². The molecule has 2 aromatic rings. The Morgan fingerprint density at radius 1 is 1.40 bits per heavy atom. The molecule has 2 aromatic heterocycles. The van der Waals surface area contributed by atoms with Gasteiger partial charge in [0.1, 0.15) is 4.88 Å². The highest BCUT2D eigenvalue weighted by Gasteiger charge is 2.16. The Hall–Kier alpha value is -1.57. The van der Waals surface area contributed by atoms with Crippen LogP contribution in [0.1, 0.15) is 21.8 Å². The van der Waals surface area contributed by atoms with Gasteiger partial charge in [0.05, 0.1) is 5.69 Å². The second kappa shape index (κ2) is 7.88. The Morgan fingerprint density at radius 3 is 2.75 bits per heavy atom. The first-order valence-electron chi connectivity index (χ1n) is 5.95. The maximum atomic E-state index is 12.0. The predicted octanol–water partition coefficient (Wildman–Crippen LogP) is 1.41. The fraction of sp³-hybridized carbons (Fsp3) is 0.333. The Kier molecular flexibility index (Phi) is 6.50. The number of aromatic nitrogens is 3. The smallest absolute Gasteiger partial charge is 0.263 e. The predicted molar refractivity (Wildman–Crippen MR) is 81.1 cm³/mol. The van der Waals surface area contributed by atoms with Crippen LogP contribution in [0, 0.1) is 6.92 Å². The molecule has 0 aromatic carbocycles. The summed E-state index contributed by atoms with van der Waals surface area (Å²) in [5.74, 6) is 0.419. The number of amides is 1. The fourth-order valence-corrected chi connectivity index (χ4v) is 2.43. The minimum absolute atomic E-state index is 0. The number of aryl methyl sites for hydroxylation is 1. The van der Waals surface area contributed by atoms with Gasteiger partial charge >= 0.3 is 0 Å². The molecule has 0 spiro atoms. The van der Waals surface area contributed by atoms with Crippen molar-refractivity contribution in [1.29, 1.82) is 0 Å². The topological polar surface area (TPSA) is 93.8 Å². The van der Waals surface area contributed by atoms with Crippen molar-refractivity contribution < 1.29 is 4.79 Å². The summed E-state index contributed by atoms with van der Waals surface area (Å²) in [4.78, 5) is 25.2. The zero-order valence-corrected chi connectivity index (χ0v) is 12.6. The summed E-state index contributed by atoms with van der Waals surface area (Å²) in [6.07, 6.45) is 4.07. The SMILES string of the molecule is Cc1nc(-c2ncccn2)sc1C(=O)NCCCN.Cl. The summed E-state index contributed by atoms with van der Waals surface area (Å²) in [7, 11) is 0. The van der Waals surface area contributed by atoms with Crippen LogP contribution < -0.4 is 11.1 Å². The lowest BCUT2D eigenvalue weighted by atomic mass is 10.3. The first-order valence-corrected chi connectivity index (χ1v) is 6.77. The molecule has 8 heteroatoms. The normalized spacial score (nSPS) is 9.90. The van der Waals surface area contributed by atoms with Crippen LogP contribution in [0.25, 0.3) is 10.8 Å². The summed E-state index contributed by atoms with van der Waals surface area (Å²) >= 11 is 1.30. The van der Waals surface area contributed by atoms with Crippen LogP contribution in [-0.2, 0) is 0 Å². The molecule has 0 fully saturated rings. The summed E-state index contributed by atoms with van der Waals surface area (Å²) in [5, 5.41) is 3.47. The maximum Gasteiger partial charge on any atom is 0.263 e. The quantitative estimate of drug-likeness (QED) is 0.814. The molecule has 2 heterocycles. The summed E-state index contributed by atoms with van der Waals surface area (Å²) in [5.41, 5.74) is 6.08. The largest absolute Gasteiger partial charge is 0.351 e. The molecule has 20 heavy (non-hydrogen) atoms. The minimum Gasteiger partial charge on any atom is -0.351 e. The van der Waals surface area contributed by atoms with Crippen LogP contribution in [0.3, 0.4) is 0 Å². The van der Waals surface area contributed by atoms with Crippen LogP contribution in [0.4, 0.5) is 0 Å². The highest BCUT2D eigenvalue weighted by atomic mass is 35.5. The number of nitrogens with one attached hydrogen (secondary N) is 1. The van der Waals surface area contributed by atoms with Gasteiger partial charge in [-0.25, -0.2) is 15.0 Å². The lowest BCUT2D eigenvalue weighted by molar-refractivity contribution is 0.0957. The lowest BCUT2D eigenvalue weighted by Gasteiger charge is -2.01. The van der Waals surface area contributed by atoms with E-state index in [1.54, 1.807) is 25.4 Å². The third-order valence-electron chi connectivity index (χ3n) is 2.43. The fourth-order valence-electron chi connectivity index (χ4n) is 1.50. The Morgan fingerprint density at radius 2 is 2.10 bits per heavy atom. The number of nitrogens with zero attached hydrogens (tertiary/aromatic N) is 3. The first-order chi connectivity index (χ1) is 9.22. The molecule has 0 aliphatic rings. The van der Waals surface area contributed by atoms with Crippen molar-refractivity contribution in [1.82, 2.24) is 20.3 Å². The van der Waals surface area contributed by atoms with E-state index in [0.29, 0.717) is 34.5 Å². The van der Waals surface area contributed by atoms with E-state index in [1.165, 1.54) is 11.3 Å². The van der Waals surface area contributed by atoms with Gasteiger partial charge in [0.25, 0.3) is 5.91 Å². The third kappa shape index (κ3) is 3.96. The average molecular weight is 314 g/mol. The van der Waals surface area contributed by atoms with Crippen molar-refractivity contribution >= 4 is 29.7 Å². The molecule has 0 aliphatic heterocycles. The Balaban J connectivity index is 0.00000200. The van der Waals surface area contributed by atoms with E-state index in [-0.39, 0.29) is 18.3 Å². The van der Waals surface area contributed by atoms with Gasteiger partial charge in [-0.15, -0.1) is 23.7 Å². The number of thiazole rings is 1. The van der Waals surface area contributed by atoms with Gasteiger partial charge in [0.15, 0.2) is 10.8 Å². The minimum atomic E-state index is -0.120. The van der Waals surface area contributed by atoms with Crippen molar-refractivity contribution in [2.75, 3.05) is 13.1 Å². The molecule has 0 atom stereocenters. The van der Waals surface area contributed by atoms with Gasteiger partial charge in [-0.2, -0.15) is 0 Å². The first kappa shape index (κ1) is 16.5. The Bertz CT molecular complexity index is 560. The van der Waals surface area contributed by atoms with Crippen molar-refractivity contribution in [2.45, 2.75) is 13.3 Å². The van der Waals surface area contributed by atoms with Gasteiger partial charge in [0.2, 0.25) is 0 Å². The van der Waals surface area contributed by atoms with Gasteiger partial charge < -0.3 is 11.1 Å².